The van der Waals surface area contributed by atoms with Crippen molar-refractivity contribution in [1.82, 2.24) is 5.32 Å². The van der Waals surface area contributed by atoms with Gasteiger partial charge in [0, 0.05) is 10.0 Å². The van der Waals surface area contributed by atoms with Crippen LogP contribution in [0.25, 0.3) is 0 Å². The van der Waals surface area contributed by atoms with Gasteiger partial charge in [0.25, 0.3) is 0 Å². The van der Waals surface area contributed by atoms with Crippen LogP contribution in [-0.2, 0) is 21.7 Å². The molecule has 0 aliphatic rings. The maximum Gasteiger partial charge on any atom is 0.408 e. The van der Waals surface area contributed by atoms with Crippen LogP contribution in [0.2, 0.25) is 0 Å². The number of hydrogen-bond acceptors (Lipinski definition) is 3. The standard InChI is InChI=1S/C17H16BrNO4/c1-17(15(20)21,13-9-5-6-10-14(13)18)19-16(22)23-11-12-7-3-2-4-8-12/h2-10H,11H2,1H3,(H,19,22)(H,20,21). The highest BCUT2D eigenvalue weighted by atomic mass is 79.9. The first-order chi connectivity index (χ1) is 10.9. The number of hydrogen-bond donors (Lipinski definition) is 2. The second kappa shape index (κ2) is 7.28. The lowest BCUT2D eigenvalue weighted by Gasteiger charge is -2.27. The number of aliphatic carboxylic acids is 1. The van der Waals surface area contributed by atoms with Crippen LogP contribution in [-0.4, -0.2) is 17.2 Å². The lowest BCUT2D eigenvalue weighted by Crippen LogP contribution is -2.49. The summed E-state index contributed by atoms with van der Waals surface area (Å²) in [7, 11) is 0. The van der Waals surface area contributed by atoms with E-state index in [2.05, 4.69) is 21.2 Å². The lowest BCUT2D eigenvalue weighted by atomic mass is 9.92. The number of benzene rings is 2. The molecule has 0 fully saturated rings. The van der Waals surface area contributed by atoms with E-state index in [1.54, 1.807) is 24.3 Å². The molecule has 1 amide bonds. The Morgan fingerprint density at radius 1 is 1.13 bits per heavy atom. The Balaban J connectivity index is 2.12. The van der Waals surface area contributed by atoms with Crippen LogP contribution in [0.1, 0.15) is 18.1 Å². The van der Waals surface area contributed by atoms with Crippen molar-refractivity contribution in [3.63, 3.8) is 0 Å². The lowest BCUT2D eigenvalue weighted by molar-refractivity contribution is -0.144. The molecule has 2 N–H and O–H groups in total. The normalized spacial score (nSPS) is 13.0. The number of carboxylic acids is 1. The van der Waals surface area contributed by atoms with E-state index >= 15 is 0 Å². The Hall–Kier alpha value is -2.34. The van der Waals surface area contributed by atoms with Crippen molar-refractivity contribution in [1.29, 1.82) is 0 Å². The second-order valence-corrected chi connectivity index (χ2v) is 5.95. The van der Waals surface area contributed by atoms with Crippen molar-refractivity contribution in [2.24, 2.45) is 0 Å². The third kappa shape index (κ3) is 4.10. The quantitative estimate of drug-likeness (QED) is 0.833. The van der Waals surface area contributed by atoms with Gasteiger partial charge in [-0.25, -0.2) is 9.59 Å². The van der Waals surface area contributed by atoms with E-state index in [9.17, 15) is 14.7 Å². The zero-order valence-corrected chi connectivity index (χ0v) is 14.0. The maximum atomic E-state index is 12.0. The Kier molecular flexibility index (Phi) is 5.39. The highest BCUT2D eigenvalue weighted by molar-refractivity contribution is 9.10. The molecule has 0 saturated heterocycles. The van der Waals surface area contributed by atoms with Gasteiger partial charge in [0.2, 0.25) is 0 Å². The second-order valence-electron chi connectivity index (χ2n) is 5.10. The summed E-state index contributed by atoms with van der Waals surface area (Å²) in [6, 6.07) is 16.0. The van der Waals surface area contributed by atoms with E-state index in [4.69, 9.17) is 4.74 Å². The number of halogens is 1. The highest BCUT2D eigenvalue weighted by Crippen LogP contribution is 2.28. The first-order valence-electron chi connectivity index (χ1n) is 6.91. The Bertz CT molecular complexity index is 705. The smallest absolute Gasteiger partial charge is 0.408 e. The molecule has 0 heterocycles. The zero-order chi connectivity index (χ0) is 16.9. The zero-order valence-electron chi connectivity index (χ0n) is 12.5. The number of carbonyl (C=O) groups is 2. The van der Waals surface area contributed by atoms with Gasteiger partial charge in [0.1, 0.15) is 6.61 Å². The van der Waals surface area contributed by atoms with Crippen LogP contribution >= 0.6 is 15.9 Å². The van der Waals surface area contributed by atoms with E-state index in [-0.39, 0.29) is 6.61 Å². The number of rotatable bonds is 5. The SMILES string of the molecule is CC(NC(=O)OCc1ccccc1)(C(=O)O)c1ccccc1Br. The van der Waals surface area contributed by atoms with Crippen LogP contribution < -0.4 is 5.32 Å². The van der Waals surface area contributed by atoms with Crippen molar-refractivity contribution in [3.8, 4) is 0 Å². The molecule has 2 aromatic rings. The summed E-state index contributed by atoms with van der Waals surface area (Å²) >= 11 is 3.31. The molecule has 0 radical (unpaired) electrons. The van der Waals surface area contributed by atoms with Crippen LogP contribution in [0.4, 0.5) is 4.79 Å². The fraction of sp³-hybridized carbons (Fsp3) is 0.176. The fourth-order valence-electron chi connectivity index (χ4n) is 2.07. The molecule has 23 heavy (non-hydrogen) atoms. The molecule has 0 aliphatic carbocycles. The third-order valence-corrected chi connectivity index (χ3v) is 4.10. The minimum atomic E-state index is -1.60. The number of ether oxygens (including phenoxy) is 1. The van der Waals surface area contributed by atoms with Crippen LogP contribution in [0.5, 0.6) is 0 Å². The fourth-order valence-corrected chi connectivity index (χ4v) is 2.75. The van der Waals surface area contributed by atoms with E-state index in [1.807, 2.05) is 30.3 Å². The predicted molar refractivity (Wildman–Crippen MR) is 88.9 cm³/mol. The summed E-state index contributed by atoms with van der Waals surface area (Å²) in [5.74, 6) is -1.18. The summed E-state index contributed by atoms with van der Waals surface area (Å²) in [5, 5.41) is 12.0. The predicted octanol–water partition coefficient (Wildman–Crippen LogP) is 3.68. The molecule has 0 bridgehead atoms. The molecular weight excluding hydrogens is 362 g/mol. The number of carbonyl (C=O) groups excluding carboxylic acids is 1. The first kappa shape index (κ1) is 17.0. The van der Waals surface area contributed by atoms with Gasteiger partial charge >= 0.3 is 12.1 Å². The monoisotopic (exact) mass is 377 g/mol. The Morgan fingerprint density at radius 2 is 1.74 bits per heavy atom. The summed E-state index contributed by atoms with van der Waals surface area (Å²) in [6.45, 7) is 1.48. The Labute approximate surface area is 142 Å². The molecular formula is C17H16BrNO4. The van der Waals surface area contributed by atoms with Crippen LogP contribution in [0.3, 0.4) is 0 Å². The number of amides is 1. The van der Waals surface area contributed by atoms with Gasteiger partial charge in [-0.2, -0.15) is 0 Å². The van der Waals surface area contributed by atoms with Crippen molar-refractivity contribution >= 4 is 28.0 Å². The largest absolute Gasteiger partial charge is 0.479 e. The topological polar surface area (TPSA) is 75.6 Å². The van der Waals surface area contributed by atoms with Gasteiger partial charge in [-0.1, -0.05) is 64.5 Å². The van der Waals surface area contributed by atoms with Crippen molar-refractivity contribution in [3.05, 3.63) is 70.2 Å². The molecule has 1 unspecified atom stereocenters. The van der Waals surface area contributed by atoms with E-state index < -0.39 is 17.6 Å². The van der Waals surface area contributed by atoms with Gasteiger partial charge in [-0.3, -0.25) is 0 Å². The first-order valence-corrected chi connectivity index (χ1v) is 7.70. The van der Waals surface area contributed by atoms with Gasteiger partial charge < -0.3 is 15.2 Å². The highest BCUT2D eigenvalue weighted by Gasteiger charge is 2.38. The van der Waals surface area contributed by atoms with Crippen LogP contribution in [0, 0.1) is 0 Å². The van der Waals surface area contributed by atoms with Crippen molar-refractivity contribution < 1.29 is 19.4 Å². The number of carboxylic acid groups (broad SMARTS) is 1. The van der Waals surface area contributed by atoms with Crippen molar-refractivity contribution in [2.45, 2.75) is 19.1 Å². The summed E-state index contributed by atoms with van der Waals surface area (Å²) in [5.41, 5.74) is -0.349. The Morgan fingerprint density at radius 3 is 2.35 bits per heavy atom. The van der Waals surface area contributed by atoms with Gasteiger partial charge in [-0.15, -0.1) is 0 Å². The molecule has 5 nitrogen and oxygen atoms in total. The van der Waals surface area contributed by atoms with E-state index in [0.29, 0.717) is 10.0 Å². The van der Waals surface area contributed by atoms with E-state index in [0.717, 1.165) is 5.56 Å². The summed E-state index contributed by atoms with van der Waals surface area (Å²) in [4.78, 5) is 23.7. The molecule has 2 aromatic carbocycles. The summed E-state index contributed by atoms with van der Waals surface area (Å²) < 4.78 is 5.70. The number of nitrogens with one attached hydrogen (secondary N) is 1. The van der Waals surface area contributed by atoms with Crippen molar-refractivity contribution in [2.75, 3.05) is 0 Å². The molecule has 0 saturated carbocycles. The molecule has 0 aliphatic heterocycles. The maximum absolute atomic E-state index is 12.0. The van der Waals surface area contributed by atoms with E-state index in [1.165, 1.54) is 6.92 Å². The average Bonchev–Trinajstić information content (AvgIpc) is 2.54. The molecule has 1 atom stereocenters. The van der Waals surface area contributed by atoms with Gasteiger partial charge in [-0.05, 0) is 18.6 Å². The molecule has 0 spiro atoms. The van der Waals surface area contributed by atoms with Gasteiger partial charge in [0.05, 0.1) is 0 Å². The van der Waals surface area contributed by atoms with Gasteiger partial charge in [0.15, 0.2) is 5.54 Å². The molecule has 6 heteroatoms. The molecule has 2 rings (SSSR count). The minimum Gasteiger partial charge on any atom is -0.479 e. The number of alkyl carbamates (subject to hydrolysis) is 1. The summed E-state index contributed by atoms with van der Waals surface area (Å²) in [6.07, 6.45) is -0.797. The van der Waals surface area contributed by atoms with Crippen LogP contribution in [0.15, 0.2) is 59.1 Å². The molecule has 120 valence electrons. The average molecular weight is 378 g/mol. The third-order valence-electron chi connectivity index (χ3n) is 3.41. The minimum absolute atomic E-state index is 0.0678. The molecule has 0 aromatic heterocycles.